The summed E-state index contributed by atoms with van der Waals surface area (Å²) in [6, 6.07) is 7.73. The lowest BCUT2D eigenvalue weighted by Crippen LogP contribution is -2.28. The Morgan fingerprint density at radius 1 is 1.33 bits per heavy atom. The molecular weight excluding hydrogens is 230 g/mol. The van der Waals surface area contributed by atoms with Gasteiger partial charge in [-0.3, -0.25) is 5.43 Å². The standard InChI is InChI=1S/C12H17N5O/c1-2-17(7-8-18)11-9-5-3-4-6-10(9)14-12(15-11)16-13/h3-6,18H,2,7-8,13H2,1H3,(H,14,15,16). The van der Waals surface area contributed by atoms with Gasteiger partial charge in [0.1, 0.15) is 5.82 Å². The monoisotopic (exact) mass is 247 g/mol. The molecule has 2 aromatic rings. The number of fused-ring (bicyclic) bond motifs is 1. The lowest BCUT2D eigenvalue weighted by molar-refractivity contribution is 0.302. The van der Waals surface area contributed by atoms with Crippen LogP contribution in [0.5, 0.6) is 0 Å². The van der Waals surface area contributed by atoms with Crippen molar-refractivity contribution in [3.05, 3.63) is 24.3 Å². The molecule has 6 nitrogen and oxygen atoms in total. The first-order valence-corrected chi connectivity index (χ1v) is 5.89. The van der Waals surface area contributed by atoms with Crippen LogP contribution in [0.25, 0.3) is 10.9 Å². The van der Waals surface area contributed by atoms with E-state index in [1.54, 1.807) is 0 Å². The molecule has 1 heterocycles. The van der Waals surface area contributed by atoms with Crippen LogP contribution in [-0.4, -0.2) is 34.8 Å². The van der Waals surface area contributed by atoms with E-state index in [1.807, 2.05) is 36.1 Å². The first-order chi connectivity index (χ1) is 8.80. The first-order valence-electron chi connectivity index (χ1n) is 5.89. The fraction of sp³-hybridized carbons (Fsp3) is 0.333. The number of likely N-dealkylation sites (N-methyl/N-ethyl adjacent to an activating group) is 1. The molecule has 0 atom stereocenters. The maximum Gasteiger partial charge on any atom is 0.239 e. The maximum atomic E-state index is 9.10. The summed E-state index contributed by atoms with van der Waals surface area (Å²) in [5.41, 5.74) is 3.29. The zero-order valence-electron chi connectivity index (χ0n) is 10.3. The number of benzene rings is 1. The van der Waals surface area contributed by atoms with Crippen LogP contribution in [0.1, 0.15) is 6.92 Å². The number of nitrogens with one attached hydrogen (secondary N) is 1. The summed E-state index contributed by atoms with van der Waals surface area (Å²) in [5, 5.41) is 10.1. The Morgan fingerprint density at radius 3 is 2.78 bits per heavy atom. The van der Waals surface area contributed by atoms with Crippen LogP contribution >= 0.6 is 0 Å². The van der Waals surface area contributed by atoms with Crippen LogP contribution in [0, 0.1) is 0 Å². The van der Waals surface area contributed by atoms with Crippen molar-refractivity contribution in [3.8, 4) is 0 Å². The van der Waals surface area contributed by atoms with Crippen LogP contribution in [0.4, 0.5) is 11.8 Å². The molecule has 0 unspecified atom stereocenters. The topological polar surface area (TPSA) is 87.3 Å². The van der Waals surface area contributed by atoms with E-state index in [1.165, 1.54) is 0 Å². The van der Waals surface area contributed by atoms with Gasteiger partial charge in [-0.25, -0.2) is 10.8 Å². The van der Waals surface area contributed by atoms with E-state index in [9.17, 15) is 0 Å². The molecule has 1 aromatic heterocycles. The van der Waals surface area contributed by atoms with Gasteiger partial charge in [0.2, 0.25) is 5.95 Å². The Kier molecular flexibility index (Phi) is 3.91. The van der Waals surface area contributed by atoms with Crippen molar-refractivity contribution in [1.29, 1.82) is 0 Å². The number of anilines is 2. The number of nitrogens with two attached hydrogens (primary N) is 1. The van der Waals surface area contributed by atoms with Crippen molar-refractivity contribution in [2.75, 3.05) is 30.0 Å². The largest absolute Gasteiger partial charge is 0.395 e. The predicted octanol–water partition coefficient (Wildman–Crippen LogP) is 0.734. The van der Waals surface area contributed by atoms with Gasteiger partial charge in [-0.2, -0.15) is 4.98 Å². The molecule has 6 heteroatoms. The summed E-state index contributed by atoms with van der Waals surface area (Å²) in [6.45, 7) is 3.38. The zero-order valence-corrected chi connectivity index (χ0v) is 10.3. The van der Waals surface area contributed by atoms with Crippen molar-refractivity contribution >= 4 is 22.7 Å². The first kappa shape index (κ1) is 12.5. The minimum atomic E-state index is 0.0809. The number of nitrogen functional groups attached to an aromatic ring is 1. The van der Waals surface area contributed by atoms with Gasteiger partial charge in [-0.1, -0.05) is 12.1 Å². The molecule has 2 rings (SSSR count). The van der Waals surface area contributed by atoms with Gasteiger partial charge in [-0.15, -0.1) is 0 Å². The summed E-state index contributed by atoms with van der Waals surface area (Å²) >= 11 is 0. The lowest BCUT2D eigenvalue weighted by atomic mass is 10.2. The number of hydrogen-bond donors (Lipinski definition) is 3. The Hall–Kier alpha value is -1.92. The van der Waals surface area contributed by atoms with Crippen LogP contribution < -0.4 is 16.2 Å². The highest BCUT2D eigenvalue weighted by Crippen LogP contribution is 2.24. The van der Waals surface area contributed by atoms with Gasteiger partial charge in [0.05, 0.1) is 12.1 Å². The minimum Gasteiger partial charge on any atom is -0.395 e. The summed E-state index contributed by atoms with van der Waals surface area (Å²) in [5.74, 6) is 6.54. The molecule has 0 amide bonds. The highest BCUT2D eigenvalue weighted by Gasteiger charge is 2.12. The van der Waals surface area contributed by atoms with Gasteiger partial charge in [0, 0.05) is 18.5 Å². The summed E-state index contributed by atoms with van der Waals surface area (Å²) < 4.78 is 0. The Morgan fingerprint density at radius 2 is 2.11 bits per heavy atom. The van der Waals surface area contributed by atoms with Gasteiger partial charge < -0.3 is 10.0 Å². The van der Waals surface area contributed by atoms with Crippen molar-refractivity contribution in [1.82, 2.24) is 9.97 Å². The summed E-state index contributed by atoms with van der Waals surface area (Å²) in [4.78, 5) is 10.7. The third-order valence-electron chi connectivity index (χ3n) is 2.76. The van der Waals surface area contributed by atoms with E-state index in [0.717, 1.165) is 23.3 Å². The molecule has 4 N–H and O–H groups in total. The van der Waals surface area contributed by atoms with Crippen molar-refractivity contribution < 1.29 is 5.11 Å². The number of aromatic nitrogens is 2. The van der Waals surface area contributed by atoms with E-state index < -0.39 is 0 Å². The van der Waals surface area contributed by atoms with E-state index in [4.69, 9.17) is 10.9 Å². The molecule has 0 bridgehead atoms. The predicted molar refractivity (Wildman–Crippen MR) is 72.3 cm³/mol. The maximum absolute atomic E-state index is 9.10. The zero-order chi connectivity index (χ0) is 13.0. The molecule has 0 fully saturated rings. The number of aliphatic hydroxyl groups excluding tert-OH is 1. The SMILES string of the molecule is CCN(CCO)c1nc(NN)nc2ccccc12. The molecule has 96 valence electrons. The fourth-order valence-electron chi connectivity index (χ4n) is 1.90. The van der Waals surface area contributed by atoms with Crippen molar-refractivity contribution in [3.63, 3.8) is 0 Å². The number of aliphatic hydroxyl groups is 1. The van der Waals surface area contributed by atoms with Gasteiger partial charge in [0.15, 0.2) is 0 Å². The molecule has 18 heavy (non-hydrogen) atoms. The van der Waals surface area contributed by atoms with Gasteiger partial charge in [-0.05, 0) is 19.1 Å². The van der Waals surface area contributed by atoms with Crippen molar-refractivity contribution in [2.24, 2.45) is 5.84 Å². The highest BCUT2D eigenvalue weighted by atomic mass is 16.3. The highest BCUT2D eigenvalue weighted by molar-refractivity contribution is 5.90. The molecule has 0 saturated carbocycles. The quantitative estimate of drug-likeness (QED) is 0.533. The van der Waals surface area contributed by atoms with E-state index in [-0.39, 0.29) is 6.61 Å². The number of hydrogen-bond acceptors (Lipinski definition) is 6. The third kappa shape index (κ3) is 2.34. The molecule has 0 aliphatic carbocycles. The average molecular weight is 247 g/mol. The minimum absolute atomic E-state index is 0.0809. The lowest BCUT2D eigenvalue weighted by Gasteiger charge is -2.22. The second kappa shape index (κ2) is 5.61. The number of para-hydroxylation sites is 1. The molecule has 0 radical (unpaired) electrons. The second-order valence-corrected chi connectivity index (χ2v) is 3.84. The van der Waals surface area contributed by atoms with Gasteiger partial charge >= 0.3 is 0 Å². The smallest absolute Gasteiger partial charge is 0.239 e. The van der Waals surface area contributed by atoms with E-state index in [2.05, 4.69) is 15.4 Å². The summed E-state index contributed by atoms with van der Waals surface area (Å²) in [7, 11) is 0. The molecular formula is C12H17N5O. The van der Waals surface area contributed by atoms with Crippen LogP contribution in [0.3, 0.4) is 0 Å². The Bertz CT molecular complexity index is 531. The fourth-order valence-corrected chi connectivity index (χ4v) is 1.90. The normalized spacial score (nSPS) is 10.6. The second-order valence-electron chi connectivity index (χ2n) is 3.84. The molecule has 1 aromatic carbocycles. The van der Waals surface area contributed by atoms with E-state index in [0.29, 0.717) is 12.5 Å². The Balaban J connectivity index is 2.58. The third-order valence-corrected chi connectivity index (χ3v) is 2.76. The number of nitrogens with zero attached hydrogens (tertiary/aromatic N) is 3. The molecule has 0 spiro atoms. The van der Waals surface area contributed by atoms with Crippen molar-refractivity contribution in [2.45, 2.75) is 6.92 Å². The molecule has 0 aliphatic heterocycles. The molecule has 0 aliphatic rings. The average Bonchev–Trinajstić information content (AvgIpc) is 2.43. The molecule has 0 saturated heterocycles. The number of hydrazine groups is 1. The van der Waals surface area contributed by atoms with Gasteiger partial charge in [0.25, 0.3) is 0 Å². The summed E-state index contributed by atoms with van der Waals surface area (Å²) in [6.07, 6.45) is 0. The van der Waals surface area contributed by atoms with Crippen LogP contribution in [0.2, 0.25) is 0 Å². The van der Waals surface area contributed by atoms with Crippen LogP contribution in [0.15, 0.2) is 24.3 Å². The Labute approximate surface area is 105 Å². The van der Waals surface area contributed by atoms with E-state index >= 15 is 0 Å². The number of rotatable bonds is 5. The van der Waals surface area contributed by atoms with Crippen LogP contribution in [-0.2, 0) is 0 Å².